The average Bonchev–Trinajstić information content (AvgIpc) is 3.30. The van der Waals surface area contributed by atoms with Crippen LogP contribution in [0.2, 0.25) is 5.02 Å². The second-order valence-corrected chi connectivity index (χ2v) is 5.12. The van der Waals surface area contributed by atoms with Gasteiger partial charge in [-0.3, -0.25) is 9.78 Å². The second kappa shape index (κ2) is 5.48. The highest BCUT2D eigenvalue weighted by Crippen LogP contribution is 2.51. The van der Waals surface area contributed by atoms with Gasteiger partial charge >= 0.3 is 5.97 Å². The van der Waals surface area contributed by atoms with Crippen LogP contribution in [0.15, 0.2) is 18.3 Å². The van der Waals surface area contributed by atoms with Crippen LogP contribution >= 0.6 is 11.6 Å². The van der Waals surface area contributed by atoms with Crippen LogP contribution in [0.3, 0.4) is 0 Å². The first-order valence-electron chi connectivity index (χ1n) is 6.11. The number of nitriles is 2. The maximum Gasteiger partial charge on any atom is 0.320 e. The molecule has 1 aliphatic rings. The third kappa shape index (κ3) is 2.11. The Hall–Kier alpha value is -2.11. The van der Waals surface area contributed by atoms with E-state index in [-0.39, 0.29) is 5.92 Å². The third-order valence-corrected chi connectivity index (χ3v) is 3.83. The summed E-state index contributed by atoms with van der Waals surface area (Å²) < 4.78 is 4.87. The molecule has 0 amide bonds. The first-order valence-corrected chi connectivity index (χ1v) is 6.48. The fourth-order valence-corrected chi connectivity index (χ4v) is 2.65. The van der Waals surface area contributed by atoms with Gasteiger partial charge in [0.2, 0.25) is 0 Å². The number of carbonyl (C=O) groups excluding carboxylic acids is 1. The van der Waals surface area contributed by atoms with Crippen molar-refractivity contribution in [2.75, 3.05) is 7.11 Å². The lowest BCUT2D eigenvalue weighted by Crippen LogP contribution is -2.46. The Kier molecular flexibility index (Phi) is 3.92. The zero-order valence-electron chi connectivity index (χ0n) is 10.8. The number of aromatic nitrogens is 1. The van der Waals surface area contributed by atoms with Crippen LogP contribution in [0.4, 0.5) is 0 Å². The normalized spacial score (nSPS) is 16.9. The fraction of sp³-hybridized carbons (Fsp3) is 0.429. The highest BCUT2D eigenvalue weighted by molar-refractivity contribution is 6.30. The third-order valence-electron chi connectivity index (χ3n) is 3.61. The number of hydrogen-bond acceptors (Lipinski definition) is 5. The van der Waals surface area contributed by atoms with Gasteiger partial charge in [-0.2, -0.15) is 10.5 Å². The SMILES string of the molecule is COC(=O)[C@](c1ccc(Cl)cn1)(C(C#N)C#N)C1CC1. The zero-order valence-corrected chi connectivity index (χ0v) is 11.6. The Balaban J connectivity index is 2.64. The van der Waals surface area contributed by atoms with Crippen LogP contribution in [0.25, 0.3) is 0 Å². The van der Waals surface area contributed by atoms with Gasteiger partial charge in [-0.05, 0) is 30.9 Å². The number of pyridine rings is 1. The molecule has 0 saturated heterocycles. The van der Waals surface area contributed by atoms with Gasteiger partial charge < -0.3 is 4.74 Å². The van der Waals surface area contributed by atoms with Gasteiger partial charge in [0.15, 0.2) is 5.92 Å². The van der Waals surface area contributed by atoms with E-state index in [9.17, 15) is 15.3 Å². The Morgan fingerprint density at radius 1 is 1.50 bits per heavy atom. The highest BCUT2D eigenvalue weighted by atomic mass is 35.5. The predicted octanol–water partition coefficient (Wildman–Crippen LogP) is 2.22. The minimum atomic E-state index is -1.33. The van der Waals surface area contributed by atoms with E-state index < -0.39 is 17.3 Å². The quantitative estimate of drug-likeness (QED) is 0.793. The Morgan fingerprint density at radius 2 is 2.15 bits per heavy atom. The van der Waals surface area contributed by atoms with Gasteiger partial charge in [-0.15, -0.1) is 0 Å². The molecule has 0 radical (unpaired) electrons. The van der Waals surface area contributed by atoms with E-state index in [1.807, 2.05) is 12.1 Å². The minimum absolute atomic E-state index is 0.104. The number of esters is 1. The van der Waals surface area contributed by atoms with Crippen LogP contribution in [-0.4, -0.2) is 18.1 Å². The molecule has 1 fully saturated rings. The van der Waals surface area contributed by atoms with Crippen molar-refractivity contribution in [3.05, 3.63) is 29.0 Å². The Morgan fingerprint density at radius 3 is 2.55 bits per heavy atom. The first kappa shape index (κ1) is 14.3. The van der Waals surface area contributed by atoms with Crippen molar-refractivity contribution >= 4 is 17.6 Å². The molecule has 0 unspecified atom stereocenters. The number of halogens is 1. The average molecular weight is 290 g/mol. The van der Waals surface area contributed by atoms with E-state index in [4.69, 9.17) is 16.3 Å². The van der Waals surface area contributed by atoms with Crippen LogP contribution in [0, 0.1) is 34.5 Å². The lowest BCUT2D eigenvalue weighted by atomic mass is 9.69. The molecule has 1 aliphatic carbocycles. The molecule has 1 aromatic heterocycles. The van der Waals surface area contributed by atoms with Crippen LogP contribution in [0.1, 0.15) is 18.5 Å². The molecule has 6 heteroatoms. The van der Waals surface area contributed by atoms with Gasteiger partial charge in [-0.1, -0.05) is 11.6 Å². The smallest absolute Gasteiger partial charge is 0.320 e. The second-order valence-electron chi connectivity index (χ2n) is 4.69. The topological polar surface area (TPSA) is 86.8 Å². The maximum atomic E-state index is 12.4. The number of nitrogens with zero attached hydrogens (tertiary/aromatic N) is 3. The largest absolute Gasteiger partial charge is 0.468 e. The first-order chi connectivity index (χ1) is 9.60. The summed E-state index contributed by atoms with van der Waals surface area (Å²) in [5, 5.41) is 19.0. The Bertz CT molecular complexity index is 584. The van der Waals surface area contributed by atoms with Crippen LogP contribution in [-0.2, 0) is 14.9 Å². The summed E-state index contributed by atoms with van der Waals surface area (Å²) in [6.45, 7) is 0. The standard InChI is InChI=1S/C14H12ClN3O2/c1-20-13(19)14(9-2-3-9,10(6-16)7-17)12-5-4-11(15)8-18-12/h4-5,8-10H,2-3H2,1H3/t14-/m0/s1. The Labute approximate surface area is 121 Å². The monoisotopic (exact) mass is 289 g/mol. The van der Waals surface area contributed by atoms with Gasteiger partial charge in [0.1, 0.15) is 5.41 Å². The van der Waals surface area contributed by atoms with Crippen molar-refractivity contribution in [3.8, 4) is 12.1 Å². The number of methoxy groups -OCH3 is 1. The van der Waals surface area contributed by atoms with E-state index in [0.717, 1.165) is 12.8 Å². The molecule has 0 aliphatic heterocycles. The zero-order chi connectivity index (χ0) is 14.8. The van der Waals surface area contributed by atoms with E-state index in [1.54, 1.807) is 12.1 Å². The van der Waals surface area contributed by atoms with Crippen molar-refractivity contribution in [2.24, 2.45) is 11.8 Å². The van der Waals surface area contributed by atoms with Crippen molar-refractivity contribution in [1.82, 2.24) is 4.98 Å². The van der Waals surface area contributed by atoms with Crippen LogP contribution < -0.4 is 0 Å². The van der Waals surface area contributed by atoms with E-state index >= 15 is 0 Å². The summed E-state index contributed by atoms with van der Waals surface area (Å²) >= 11 is 5.81. The van der Waals surface area contributed by atoms with Crippen molar-refractivity contribution in [1.29, 1.82) is 10.5 Å². The molecule has 0 N–H and O–H groups in total. The summed E-state index contributed by atoms with van der Waals surface area (Å²) in [5.41, 5.74) is -0.965. The summed E-state index contributed by atoms with van der Waals surface area (Å²) in [7, 11) is 1.25. The molecule has 1 atom stereocenters. The lowest BCUT2D eigenvalue weighted by molar-refractivity contribution is -0.149. The highest BCUT2D eigenvalue weighted by Gasteiger charge is 2.59. The number of carbonyl (C=O) groups is 1. The van der Waals surface area contributed by atoms with Gasteiger partial charge in [-0.25, -0.2) is 0 Å². The van der Waals surface area contributed by atoms with E-state index in [0.29, 0.717) is 10.7 Å². The minimum Gasteiger partial charge on any atom is -0.468 e. The molecule has 20 heavy (non-hydrogen) atoms. The van der Waals surface area contributed by atoms with Gasteiger partial charge in [0, 0.05) is 6.20 Å². The van der Waals surface area contributed by atoms with Gasteiger partial charge in [0.05, 0.1) is 30.0 Å². The molecule has 0 bridgehead atoms. The number of hydrogen-bond donors (Lipinski definition) is 0. The van der Waals surface area contributed by atoms with Gasteiger partial charge in [0.25, 0.3) is 0 Å². The van der Waals surface area contributed by atoms with E-state index in [1.165, 1.54) is 13.3 Å². The van der Waals surface area contributed by atoms with Crippen molar-refractivity contribution in [2.45, 2.75) is 18.3 Å². The lowest BCUT2D eigenvalue weighted by Gasteiger charge is -2.31. The van der Waals surface area contributed by atoms with E-state index in [2.05, 4.69) is 4.98 Å². The molecular formula is C14H12ClN3O2. The summed E-state index contributed by atoms with van der Waals surface area (Å²) in [6, 6.07) is 6.99. The fourth-order valence-electron chi connectivity index (χ4n) is 2.54. The molecule has 1 saturated carbocycles. The van der Waals surface area contributed by atoms with Crippen LogP contribution in [0.5, 0.6) is 0 Å². The molecule has 0 aromatic carbocycles. The molecule has 1 heterocycles. The predicted molar refractivity (Wildman–Crippen MR) is 70.4 cm³/mol. The summed E-state index contributed by atoms with van der Waals surface area (Å²) in [5.74, 6) is -1.84. The summed E-state index contributed by atoms with van der Waals surface area (Å²) in [6.07, 6.45) is 2.93. The number of ether oxygens (including phenoxy) is 1. The maximum absolute atomic E-state index is 12.4. The molecule has 102 valence electrons. The molecule has 5 nitrogen and oxygen atoms in total. The molecule has 0 spiro atoms. The molecular weight excluding hydrogens is 278 g/mol. The summed E-state index contributed by atoms with van der Waals surface area (Å²) in [4.78, 5) is 16.5. The molecule has 2 rings (SSSR count). The number of rotatable bonds is 4. The van der Waals surface area contributed by atoms with Crippen molar-refractivity contribution < 1.29 is 9.53 Å². The molecule has 1 aromatic rings. The van der Waals surface area contributed by atoms with Crippen molar-refractivity contribution in [3.63, 3.8) is 0 Å².